The number of carboxylic acid groups (broad SMARTS) is 1. The lowest BCUT2D eigenvalue weighted by Gasteiger charge is -2.16. The van der Waals surface area contributed by atoms with Gasteiger partial charge in [-0.3, -0.25) is 0 Å². The minimum absolute atomic E-state index is 0.585. The Morgan fingerprint density at radius 2 is 2.17 bits per heavy atom. The van der Waals surface area contributed by atoms with E-state index in [0.717, 1.165) is 6.08 Å². The quantitative estimate of drug-likeness (QED) is 0.576. The molecule has 0 aliphatic rings. The highest BCUT2D eigenvalue weighted by Gasteiger charge is 2.03. The van der Waals surface area contributed by atoms with Crippen LogP contribution in [-0.2, 0) is 9.53 Å². The average molecular weight is 251 g/mol. The first-order chi connectivity index (χ1) is 8.63. The van der Waals surface area contributed by atoms with Crippen LogP contribution in [0.4, 0.5) is 5.95 Å². The predicted octanol–water partition coefficient (Wildman–Crippen LogP) is 1.05. The van der Waals surface area contributed by atoms with E-state index in [1.165, 1.54) is 6.08 Å². The van der Waals surface area contributed by atoms with Crippen molar-refractivity contribution in [2.45, 2.75) is 6.92 Å². The molecule has 6 heteroatoms. The maximum Gasteiger partial charge on any atom is 0.328 e. The minimum Gasteiger partial charge on any atom is -0.478 e. The van der Waals surface area contributed by atoms with Gasteiger partial charge >= 0.3 is 5.97 Å². The molecule has 1 heterocycles. The first-order valence-electron chi connectivity index (χ1n) is 5.65. The molecule has 0 aromatic carbocycles. The summed E-state index contributed by atoms with van der Waals surface area (Å²) in [5.74, 6) is -0.407. The van der Waals surface area contributed by atoms with Crippen LogP contribution in [0.15, 0.2) is 18.5 Å². The summed E-state index contributed by atoms with van der Waals surface area (Å²) in [6.07, 6.45) is 5.67. The van der Waals surface area contributed by atoms with E-state index in [4.69, 9.17) is 9.84 Å². The normalized spacial score (nSPS) is 10.8. The van der Waals surface area contributed by atoms with Crippen molar-refractivity contribution in [2.75, 3.05) is 31.7 Å². The van der Waals surface area contributed by atoms with Gasteiger partial charge in [-0.2, -0.15) is 0 Å². The topological polar surface area (TPSA) is 75.5 Å². The van der Waals surface area contributed by atoms with Gasteiger partial charge in [0.15, 0.2) is 0 Å². The van der Waals surface area contributed by atoms with Crippen molar-refractivity contribution >= 4 is 18.0 Å². The van der Waals surface area contributed by atoms with Gasteiger partial charge in [0.25, 0.3) is 0 Å². The fraction of sp³-hybridized carbons (Fsp3) is 0.417. The third-order valence-electron chi connectivity index (χ3n) is 2.19. The molecule has 1 aromatic heterocycles. The second-order valence-electron chi connectivity index (χ2n) is 3.61. The van der Waals surface area contributed by atoms with E-state index >= 15 is 0 Å². The highest BCUT2D eigenvalue weighted by molar-refractivity contribution is 5.85. The highest BCUT2D eigenvalue weighted by atomic mass is 16.5. The summed E-state index contributed by atoms with van der Waals surface area (Å²) in [6, 6.07) is 0. The Hall–Kier alpha value is -1.95. The monoisotopic (exact) mass is 251 g/mol. The Kier molecular flexibility index (Phi) is 5.79. The molecule has 6 nitrogen and oxygen atoms in total. The molecule has 1 rings (SSSR count). The molecule has 0 radical (unpaired) electrons. The van der Waals surface area contributed by atoms with Gasteiger partial charge in [-0.05, 0) is 13.0 Å². The molecule has 0 amide bonds. The van der Waals surface area contributed by atoms with E-state index in [2.05, 4.69) is 9.97 Å². The van der Waals surface area contributed by atoms with Crippen LogP contribution in [0.5, 0.6) is 0 Å². The number of aliphatic carboxylic acids is 1. The third-order valence-corrected chi connectivity index (χ3v) is 2.19. The first kappa shape index (κ1) is 14.1. The maximum atomic E-state index is 10.3. The van der Waals surface area contributed by atoms with Crippen LogP contribution in [0, 0.1) is 0 Å². The molecule has 1 aromatic rings. The van der Waals surface area contributed by atoms with E-state index in [1.807, 2.05) is 18.9 Å². The van der Waals surface area contributed by atoms with Crippen molar-refractivity contribution in [1.29, 1.82) is 0 Å². The van der Waals surface area contributed by atoms with Gasteiger partial charge in [0.2, 0.25) is 5.95 Å². The zero-order valence-electron chi connectivity index (χ0n) is 10.5. The standard InChI is InChI=1S/C12H17N3O3/c1-3-18-7-6-15(2)12-13-8-10(9-14-12)4-5-11(16)17/h4-5,8-9H,3,6-7H2,1-2H3,(H,16,17)/b5-4+. The second-order valence-corrected chi connectivity index (χ2v) is 3.61. The predicted molar refractivity (Wildman–Crippen MR) is 68.5 cm³/mol. The van der Waals surface area contributed by atoms with Crippen molar-refractivity contribution < 1.29 is 14.6 Å². The summed E-state index contributed by atoms with van der Waals surface area (Å²) in [6.45, 7) is 3.96. The summed E-state index contributed by atoms with van der Waals surface area (Å²) < 4.78 is 5.24. The SMILES string of the molecule is CCOCCN(C)c1ncc(/C=C/C(=O)O)cn1. The number of ether oxygens (including phenoxy) is 1. The molecule has 0 saturated heterocycles. The van der Waals surface area contributed by atoms with Crippen LogP contribution in [-0.4, -0.2) is 47.8 Å². The molecule has 18 heavy (non-hydrogen) atoms. The maximum absolute atomic E-state index is 10.3. The molecular formula is C12H17N3O3. The zero-order chi connectivity index (χ0) is 13.4. The number of nitrogens with zero attached hydrogens (tertiary/aromatic N) is 3. The molecule has 98 valence electrons. The van der Waals surface area contributed by atoms with Crippen LogP contribution in [0.3, 0.4) is 0 Å². The lowest BCUT2D eigenvalue weighted by Crippen LogP contribution is -2.24. The van der Waals surface area contributed by atoms with Crippen LogP contribution in [0.1, 0.15) is 12.5 Å². The Labute approximate surface area is 106 Å². The number of aromatic nitrogens is 2. The van der Waals surface area contributed by atoms with E-state index in [0.29, 0.717) is 31.3 Å². The van der Waals surface area contributed by atoms with Crippen LogP contribution in [0.2, 0.25) is 0 Å². The number of carbonyl (C=O) groups is 1. The van der Waals surface area contributed by atoms with Crippen molar-refractivity contribution in [1.82, 2.24) is 9.97 Å². The average Bonchev–Trinajstić information content (AvgIpc) is 2.37. The smallest absolute Gasteiger partial charge is 0.328 e. The molecule has 0 aliphatic heterocycles. The summed E-state index contributed by atoms with van der Waals surface area (Å²) in [7, 11) is 1.88. The molecule has 0 aliphatic carbocycles. The number of anilines is 1. The Morgan fingerprint density at radius 1 is 1.50 bits per heavy atom. The van der Waals surface area contributed by atoms with E-state index in [-0.39, 0.29) is 0 Å². The molecule has 1 N–H and O–H groups in total. The molecule has 0 atom stereocenters. The van der Waals surface area contributed by atoms with Crippen LogP contribution >= 0.6 is 0 Å². The number of hydrogen-bond acceptors (Lipinski definition) is 5. The van der Waals surface area contributed by atoms with Gasteiger partial charge in [0, 0.05) is 44.2 Å². The van der Waals surface area contributed by atoms with E-state index in [9.17, 15) is 4.79 Å². The largest absolute Gasteiger partial charge is 0.478 e. The molecule has 0 unspecified atom stereocenters. The summed E-state index contributed by atoms with van der Waals surface area (Å²) >= 11 is 0. The highest BCUT2D eigenvalue weighted by Crippen LogP contribution is 2.06. The number of likely N-dealkylation sites (N-methyl/N-ethyl adjacent to an activating group) is 1. The van der Waals surface area contributed by atoms with Crippen molar-refractivity contribution in [3.05, 3.63) is 24.0 Å². The first-order valence-corrected chi connectivity index (χ1v) is 5.65. The van der Waals surface area contributed by atoms with Gasteiger partial charge in [0.05, 0.1) is 6.61 Å². The van der Waals surface area contributed by atoms with Gasteiger partial charge in [0.1, 0.15) is 0 Å². The lowest BCUT2D eigenvalue weighted by molar-refractivity contribution is -0.131. The van der Waals surface area contributed by atoms with Gasteiger partial charge in [-0.25, -0.2) is 14.8 Å². The van der Waals surface area contributed by atoms with Crippen molar-refractivity contribution in [2.24, 2.45) is 0 Å². The van der Waals surface area contributed by atoms with Crippen LogP contribution < -0.4 is 4.90 Å². The Morgan fingerprint density at radius 3 is 2.72 bits per heavy atom. The van der Waals surface area contributed by atoms with Gasteiger partial charge in [-0.1, -0.05) is 0 Å². The Bertz CT molecular complexity index is 404. The van der Waals surface area contributed by atoms with Crippen LogP contribution in [0.25, 0.3) is 6.08 Å². The lowest BCUT2D eigenvalue weighted by atomic mass is 10.3. The van der Waals surface area contributed by atoms with E-state index in [1.54, 1.807) is 12.4 Å². The second kappa shape index (κ2) is 7.39. The molecule has 0 bridgehead atoms. The Balaban J connectivity index is 2.56. The number of rotatable bonds is 7. The van der Waals surface area contributed by atoms with Crippen molar-refractivity contribution in [3.63, 3.8) is 0 Å². The molecular weight excluding hydrogens is 234 g/mol. The third kappa shape index (κ3) is 4.92. The number of hydrogen-bond donors (Lipinski definition) is 1. The summed E-state index contributed by atoms with van der Waals surface area (Å²) in [4.78, 5) is 20.5. The minimum atomic E-state index is -0.993. The fourth-order valence-corrected chi connectivity index (χ4v) is 1.23. The van der Waals surface area contributed by atoms with E-state index < -0.39 is 5.97 Å². The molecule has 0 fully saturated rings. The fourth-order valence-electron chi connectivity index (χ4n) is 1.23. The van der Waals surface area contributed by atoms with Gasteiger partial charge < -0.3 is 14.7 Å². The van der Waals surface area contributed by atoms with Gasteiger partial charge in [-0.15, -0.1) is 0 Å². The molecule has 0 saturated carbocycles. The number of carboxylic acids is 1. The summed E-state index contributed by atoms with van der Waals surface area (Å²) in [5.41, 5.74) is 0.652. The molecule has 0 spiro atoms. The zero-order valence-corrected chi connectivity index (χ0v) is 10.5. The summed E-state index contributed by atoms with van der Waals surface area (Å²) in [5, 5.41) is 8.49. The van der Waals surface area contributed by atoms with Crippen molar-refractivity contribution in [3.8, 4) is 0 Å².